The minimum atomic E-state index is -0.359. The van der Waals surface area contributed by atoms with Gasteiger partial charge in [-0.25, -0.2) is 4.39 Å². The van der Waals surface area contributed by atoms with Crippen molar-refractivity contribution in [1.29, 1.82) is 0 Å². The van der Waals surface area contributed by atoms with E-state index in [1.54, 1.807) is 20.4 Å². The number of rotatable bonds is 7. The molecule has 2 aromatic heterocycles. The van der Waals surface area contributed by atoms with Crippen LogP contribution in [0.15, 0.2) is 72.1 Å². The maximum absolute atomic E-state index is 13.5. The van der Waals surface area contributed by atoms with E-state index in [0.717, 1.165) is 28.3 Å². The molecular weight excluding hydrogens is 403 g/mol. The van der Waals surface area contributed by atoms with Gasteiger partial charge in [0.25, 0.3) is 0 Å². The van der Waals surface area contributed by atoms with E-state index in [-0.39, 0.29) is 5.82 Å². The van der Waals surface area contributed by atoms with Crippen LogP contribution in [-0.4, -0.2) is 34.0 Å². The maximum atomic E-state index is 13.5. The molecule has 6 nitrogen and oxygen atoms in total. The number of thioether (sulfide) groups is 1. The molecule has 4 rings (SSSR count). The molecule has 8 heteroatoms. The summed E-state index contributed by atoms with van der Waals surface area (Å²) in [4.78, 5) is 3.91. The minimum Gasteiger partial charge on any atom is -0.497 e. The number of halogens is 1. The number of hydrogen-bond acceptors (Lipinski definition) is 6. The molecule has 0 aliphatic carbocycles. The second-order valence-electron chi connectivity index (χ2n) is 6.37. The molecule has 0 unspecified atom stereocenters. The first kappa shape index (κ1) is 19.9. The van der Waals surface area contributed by atoms with Gasteiger partial charge in [-0.15, -0.1) is 10.2 Å². The largest absolute Gasteiger partial charge is 0.497 e. The van der Waals surface area contributed by atoms with Gasteiger partial charge in [0.05, 0.1) is 20.4 Å². The lowest BCUT2D eigenvalue weighted by atomic mass is 10.2. The molecule has 0 amide bonds. The monoisotopic (exact) mass is 422 g/mol. The Hall–Kier alpha value is -3.39. The number of hydrogen-bond donors (Lipinski definition) is 0. The number of benzene rings is 2. The van der Waals surface area contributed by atoms with Crippen molar-refractivity contribution in [3.05, 3.63) is 78.4 Å². The van der Waals surface area contributed by atoms with Gasteiger partial charge in [0.15, 0.2) is 11.0 Å². The van der Waals surface area contributed by atoms with Crippen LogP contribution in [0.4, 0.5) is 4.39 Å². The van der Waals surface area contributed by atoms with E-state index in [0.29, 0.717) is 16.7 Å². The fraction of sp³-hybridized carbons (Fsp3) is 0.136. The van der Waals surface area contributed by atoms with Gasteiger partial charge in [0.1, 0.15) is 17.3 Å². The lowest BCUT2D eigenvalue weighted by molar-refractivity contribution is 0.414. The lowest BCUT2D eigenvalue weighted by Crippen LogP contribution is -2.00. The van der Waals surface area contributed by atoms with Crippen LogP contribution < -0.4 is 9.47 Å². The third-order valence-electron chi connectivity index (χ3n) is 4.42. The van der Waals surface area contributed by atoms with Gasteiger partial charge in [0, 0.05) is 23.2 Å². The summed E-state index contributed by atoms with van der Waals surface area (Å²) in [5.41, 5.74) is 2.53. The Balaban J connectivity index is 1.74. The van der Waals surface area contributed by atoms with Gasteiger partial charge in [-0.1, -0.05) is 23.9 Å². The molecule has 0 radical (unpaired) electrons. The van der Waals surface area contributed by atoms with Gasteiger partial charge < -0.3 is 9.47 Å². The summed E-state index contributed by atoms with van der Waals surface area (Å²) < 4.78 is 26.1. The van der Waals surface area contributed by atoms with Crippen LogP contribution in [0.3, 0.4) is 0 Å². The van der Waals surface area contributed by atoms with Crippen LogP contribution >= 0.6 is 11.8 Å². The average Bonchev–Trinajstić information content (AvgIpc) is 3.22. The molecule has 0 spiro atoms. The predicted octanol–water partition coefficient (Wildman–Crippen LogP) is 4.78. The summed E-state index contributed by atoms with van der Waals surface area (Å²) in [5, 5.41) is 9.50. The molecule has 152 valence electrons. The number of ether oxygens (including phenoxy) is 2. The number of nitrogens with zero attached hydrogens (tertiary/aromatic N) is 4. The summed E-state index contributed by atoms with van der Waals surface area (Å²) in [6.45, 7) is 0. The molecule has 4 aromatic rings. The highest BCUT2D eigenvalue weighted by Crippen LogP contribution is 2.31. The molecule has 2 aromatic carbocycles. The molecule has 30 heavy (non-hydrogen) atoms. The zero-order valence-electron chi connectivity index (χ0n) is 16.4. The van der Waals surface area contributed by atoms with E-state index in [9.17, 15) is 4.39 Å². The van der Waals surface area contributed by atoms with E-state index >= 15 is 0 Å². The Bertz CT molecular complexity index is 1150. The van der Waals surface area contributed by atoms with Crippen molar-refractivity contribution in [1.82, 2.24) is 19.7 Å². The smallest absolute Gasteiger partial charge is 0.196 e. The van der Waals surface area contributed by atoms with Crippen LogP contribution in [0.5, 0.6) is 11.5 Å². The Morgan fingerprint density at radius 1 is 0.933 bits per heavy atom. The Morgan fingerprint density at radius 3 is 2.47 bits per heavy atom. The quantitative estimate of drug-likeness (QED) is 0.400. The van der Waals surface area contributed by atoms with Gasteiger partial charge >= 0.3 is 0 Å². The predicted molar refractivity (Wildman–Crippen MR) is 114 cm³/mol. The van der Waals surface area contributed by atoms with E-state index in [4.69, 9.17) is 9.47 Å². The van der Waals surface area contributed by atoms with E-state index < -0.39 is 0 Å². The molecule has 0 atom stereocenters. The van der Waals surface area contributed by atoms with Gasteiger partial charge in [0.2, 0.25) is 0 Å². The van der Waals surface area contributed by atoms with Crippen molar-refractivity contribution in [2.45, 2.75) is 10.9 Å². The third kappa shape index (κ3) is 4.28. The second-order valence-corrected chi connectivity index (χ2v) is 7.31. The highest BCUT2D eigenvalue weighted by molar-refractivity contribution is 7.98. The summed E-state index contributed by atoms with van der Waals surface area (Å²) in [6, 6.07) is 16.8. The zero-order chi connectivity index (χ0) is 20.9. The Labute approximate surface area is 177 Å². The summed E-state index contributed by atoms with van der Waals surface area (Å²) >= 11 is 1.46. The maximum Gasteiger partial charge on any atom is 0.196 e. The average molecular weight is 422 g/mol. The van der Waals surface area contributed by atoms with Crippen molar-refractivity contribution in [3.8, 4) is 28.6 Å². The van der Waals surface area contributed by atoms with Crippen molar-refractivity contribution < 1.29 is 13.9 Å². The standard InChI is InChI=1S/C22H19FN4O2S/c1-28-19-8-6-18(7-9-19)27-21(16-4-3-5-20(11-16)29-2)25-26-22(27)30-14-15-10-17(23)13-24-12-15/h3-13H,14H2,1-2H3. The first-order valence-corrected chi connectivity index (χ1v) is 10.1. The fourth-order valence-corrected chi connectivity index (χ4v) is 3.83. The van der Waals surface area contributed by atoms with Gasteiger partial charge in [-0.05, 0) is 48.0 Å². The van der Waals surface area contributed by atoms with Gasteiger partial charge in [-0.2, -0.15) is 0 Å². The Morgan fingerprint density at radius 2 is 1.73 bits per heavy atom. The van der Waals surface area contributed by atoms with Crippen LogP contribution in [0.25, 0.3) is 17.1 Å². The van der Waals surface area contributed by atoms with Crippen LogP contribution in [0.2, 0.25) is 0 Å². The Kier molecular flexibility index (Phi) is 5.94. The summed E-state index contributed by atoms with van der Waals surface area (Å²) in [6.07, 6.45) is 2.84. The van der Waals surface area contributed by atoms with E-state index in [2.05, 4.69) is 15.2 Å². The molecule has 0 N–H and O–H groups in total. The molecule has 2 heterocycles. The first-order chi connectivity index (χ1) is 14.7. The molecule has 0 fully saturated rings. The lowest BCUT2D eigenvalue weighted by Gasteiger charge is -2.12. The summed E-state index contributed by atoms with van der Waals surface area (Å²) in [7, 11) is 3.26. The number of methoxy groups -OCH3 is 2. The van der Waals surface area contributed by atoms with Crippen molar-refractivity contribution in [3.63, 3.8) is 0 Å². The molecular formula is C22H19FN4O2S. The van der Waals surface area contributed by atoms with Gasteiger partial charge in [-0.3, -0.25) is 9.55 Å². The van der Waals surface area contributed by atoms with Crippen LogP contribution in [0.1, 0.15) is 5.56 Å². The third-order valence-corrected chi connectivity index (χ3v) is 5.42. The van der Waals surface area contributed by atoms with Crippen LogP contribution in [-0.2, 0) is 5.75 Å². The SMILES string of the molecule is COc1ccc(-n2c(SCc3cncc(F)c3)nnc2-c2cccc(OC)c2)cc1. The fourth-order valence-electron chi connectivity index (χ4n) is 2.96. The van der Waals surface area contributed by atoms with E-state index in [1.165, 1.54) is 24.0 Å². The van der Waals surface area contributed by atoms with Crippen LogP contribution in [0, 0.1) is 5.82 Å². The highest BCUT2D eigenvalue weighted by Gasteiger charge is 2.17. The highest BCUT2D eigenvalue weighted by atomic mass is 32.2. The number of aromatic nitrogens is 4. The molecule has 0 aliphatic rings. The number of pyridine rings is 1. The van der Waals surface area contributed by atoms with Crippen molar-refractivity contribution >= 4 is 11.8 Å². The molecule has 0 bridgehead atoms. The minimum absolute atomic E-state index is 0.359. The van der Waals surface area contributed by atoms with Crippen molar-refractivity contribution in [2.75, 3.05) is 14.2 Å². The normalized spacial score (nSPS) is 10.8. The van der Waals surface area contributed by atoms with E-state index in [1.807, 2.05) is 53.1 Å². The summed E-state index contributed by atoms with van der Waals surface area (Å²) in [5.74, 6) is 2.32. The molecule has 0 saturated carbocycles. The zero-order valence-corrected chi connectivity index (χ0v) is 17.3. The second kappa shape index (κ2) is 8.96. The molecule has 0 saturated heterocycles. The molecule has 0 aliphatic heterocycles. The van der Waals surface area contributed by atoms with Crippen molar-refractivity contribution in [2.24, 2.45) is 0 Å². The first-order valence-electron chi connectivity index (χ1n) is 9.14. The topological polar surface area (TPSA) is 62.1 Å².